The van der Waals surface area contributed by atoms with Crippen molar-refractivity contribution >= 4 is 44.9 Å². The second-order valence-corrected chi connectivity index (χ2v) is 7.87. The zero-order valence-corrected chi connectivity index (χ0v) is 18.5. The average Bonchev–Trinajstić information content (AvgIpc) is 3.17. The lowest BCUT2D eigenvalue weighted by molar-refractivity contribution is 0.0955. The number of amides is 1. The van der Waals surface area contributed by atoms with E-state index in [4.69, 9.17) is 16.9 Å². The van der Waals surface area contributed by atoms with Crippen LogP contribution in [0.1, 0.15) is 15.9 Å². The molecule has 0 radical (unpaired) electrons. The lowest BCUT2D eigenvalue weighted by Gasteiger charge is -2.12. The Hall–Kier alpha value is -3.41. The highest BCUT2D eigenvalue weighted by Crippen LogP contribution is 2.30. The number of hydrogen-bond acceptors (Lipinski definition) is 5. The molecule has 2 heterocycles. The number of nitriles is 1. The van der Waals surface area contributed by atoms with Crippen molar-refractivity contribution in [3.05, 3.63) is 81.4 Å². The number of rotatable bonds is 6. The first-order valence-electron chi connectivity index (χ1n) is 9.38. The molecular weight excluding hydrogens is 480 g/mol. The number of carbonyl (C=O) groups excluding carboxylic acids is 1. The molecule has 0 saturated carbocycles. The summed E-state index contributed by atoms with van der Waals surface area (Å²) in [7, 11) is 0. The molecule has 2 N–H and O–H groups in total. The number of benzene rings is 2. The molecule has 31 heavy (non-hydrogen) atoms. The van der Waals surface area contributed by atoms with E-state index >= 15 is 0 Å². The van der Waals surface area contributed by atoms with Crippen LogP contribution in [-0.2, 0) is 0 Å². The lowest BCUT2D eigenvalue weighted by atomic mass is 10.1. The molecule has 154 valence electrons. The predicted octanol–water partition coefficient (Wildman–Crippen LogP) is 4.53. The van der Waals surface area contributed by atoms with Gasteiger partial charge in [-0.3, -0.25) is 4.79 Å². The molecular formula is C22H16BrClN6O. The maximum Gasteiger partial charge on any atom is 0.251 e. The quantitative estimate of drug-likeness (QED) is 0.383. The van der Waals surface area contributed by atoms with Gasteiger partial charge in [0.2, 0.25) is 0 Å². The van der Waals surface area contributed by atoms with Crippen molar-refractivity contribution in [1.29, 1.82) is 5.26 Å². The summed E-state index contributed by atoms with van der Waals surface area (Å²) in [5, 5.41) is 20.1. The highest BCUT2D eigenvalue weighted by molar-refractivity contribution is 9.10. The minimum atomic E-state index is -0.239. The number of aromatic nitrogens is 3. The Morgan fingerprint density at radius 2 is 2.00 bits per heavy atom. The second-order valence-electron chi connectivity index (χ2n) is 6.61. The number of halogens is 2. The topological polar surface area (TPSA) is 95.1 Å². The van der Waals surface area contributed by atoms with E-state index in [0.717, 1.165) is 10.0 Å². The van der Waals surface area contributed by atoms with Gasteiger partial charge >= 0.3 is 0 Å². The molecule has 0 fully saturated rings. The number of anilines is 1. The number of nitrogens with one attached hydrogen (secondary N) is 2. The molecule has 0 bridgehead atoms. The monoisotopic (exact) mass is 494 g/mol. The molecule has 0 unspecified atom stereocenters. The van der Waals surface area contributed by atoms with E-state index in [-0.39, 0.29) is 5.91 Å². The molecule has 0 aliphatic heterocycles. The third-order valence-corrected chi connectivity index (χ3v) is 5.44. The van der Waals surface area contributed by atoms with E-state index in [2.05, 4.69) is 36.6 Å². The fourth-order valence-electron chi connectivity index (χ4n) is 3.07. The highest BCUT2D eigenvalue weighted by atomic mass is 79.9. The Bertz CT molecular complexity index is 1310. The summed E-state index contributed by atoms with van der Waals surface area (Å²) >= 11 is 9.83. The third kappa shape index (κ3) is 4.53. The van der Waals surface area contributed by atoms with Gasteiger partial charge in [0.25, 0.3) is 5.91 Å². The number of nitrogens with zero attached hydrogens (tertiary/aromatic N) is 4. The van der Waals surface area contributed by atoms with Crippen LogP contribution >= 0.6 is 27.5 Å². The lowest BCUT2D eigenvalue weighted by Crippen LogP contribution is -2.29. The van der Waals surface area contributed by atoms with E-state index in [0.29, 0.717) is 46.4 Å². The standard InChI is InChI=1S/C22H16BrClN6O/c23-17-13-28-30-20(11-19(29-21(17)30)16-6-1-2-7-18(16)24)26-8-9-27-22(31)15-5-3-4-14(10-15)12-25/h1-7,10-11,13,26H,8-9H2,(H,27,31). The van der Waals surface area contributed by atoms with Crippen LogP contribution in [0.5, 0.6) is 0 Å². The summed E-state index contributed by atoms with van der Waals surface area (Å²) < 4.78 is 2.44. The Morgan fingerprint density at radius 3 is 2.81 bits per heavy atom. The molecule has 2 aromatic carbocycles. The van der Waals surface area contributed by atoms with E-state index in [1.807, 2.05) is 36.4 Å². The van der Waals surface area contributed by atoms with Crippen LogP contribution in [-0.4, -0.2) is 33.6 Å². The molecule has 0 aliphatic carbocycles. The third-order valence-electron chi connectivity index (χ3n) is 4.55. The Balaban J connectivity index is 1.50. The van der Waals surface area contributed by atoms with E-state index in [9.17, 15) is 4.79 Å². The van der Waals surface area contributed by atoms with Crippen molar-refractivity contribution in [1.82, 2.24) is 19.9 Å². The van der Waals surface area contributed by atoms with Gasteiger partial charge < -0.3 is 10.6 Å². The molecule has 4 rings (SSSR count). The summed E-state index contributed by atoms with van der Waals surface area (Å²) in [6.45, 7) is 0.839. The molecule has 0 spiro atoms. The van der Waals surface area contributed by atoms with Crippen molar-refractivity contribution in [2.24, 2.45) is 0 Å². The molecule has 2 aromatic heterocycles. The van der Waals surface area contributed by atoms with E-state index in [1.165, 1.54) is 0 Å². The number of fused-ring (bicyclic) bond motifs is 1. The first kappa shape index (κ1) is 20.8. The minimum Gasteiger partial charge on any atom is -0.368 e. The van der Waals surface area contributed by atoms with Gasteiger partial charge in [0, 0.05) is 35.3 Å². The molecule has 7 nitrogen and oxygen atoms in total. The summed E-state index contributed by atoms with van der Waals surface area (Å²) in [4.78, 5) is 17.0. The maximum absolute atomic E-state index is 12.3. The van der Waals surface area contributed by atoms with E-state index < -0.39 is 0 Å². The number of hydrogen-bond donors (Lipinski definition) is 2. The Kier molecular flexibility index (Phi) is 6.16. The fourth-order valence-corrected chi connectivity index (χ4v) is 3.65. The van der Waals surface area contributed by atoms with Crippen LogP contribution in [0.3, 0.4) is 0 Å². The zero-order valence-electron chi connectivity index (χ0n) is 16.1. The van der Waals surface area contributed by atoms with Gasteiger partial charge in [-0.05, 0) is 40.2 Å². The van der Waals surface area contributed by atoms with Crippen LogP contribution < -0.4 is 10.6 Å². The van der Waals surface area contributed by atoms with Crippen molar-refractivity contribution in [3.63, 3.8) is 0 Å². The summed E-state index contributed by atoms with van der Waals surface area (Å²) in [6, 6.07) is 18.0. The van der Waals surface area contributed by atoms with Crippen LogP contribution in [0.4, 0.5) is 5.82 Å². The summed E-state index contributed by atoms with van der Waals surface area (Å²) in [5.74, 6) is 0.476. The summed E-state index contributed by atoms with van der Waals surface area (Å²) in [5.41, 5.74) is 3.06. The summed E-state index contributed by atoms with van der Waals surface area (Å²) in [6.07, 6.45) is 1.67. The first-order valence-corrected chi connectivity index (χ1v) is 10.6. The van der Waals surface area contributed by atoms with Crippen LogP contribution in [0.25, 0.3) is 16.9 Å². The number of carbonyl (C=O) groups is 1. The zero-order chi connectivity index (χ0) is 21.8. The largest absolute Gasteiger partial charge is 0.368 e. The van der Waals surface area contributed by atoms with Gasteiger partial charge in [0.15, 0.2) is 5.65 Å². The van der Waals surface area contributed by atoms with Crippen molar-refractivity contribution < 1.29 is 4.79 Å². The van der Waals surface area contributed by atoms with Crippen LogP contribution in [0, 0.1) is 11.3 Å². The Morgan fingerprint density at radius 1 is 1.16 bits per heavy atom. The van der Waals surface area contributed by atoms with Gasteiger partial charge in [-0.15, -0.1) is 0 Å². The molecule has 1 amide bonds. The predicted molar refractivity (Wildman–Crippen MR) is 123 cm³/mol. The van der Waals surface area contributed by atoms with Gasteiger partial charge in [-0.25, -0.2) is 4.98 Å². The van der Waals surface area contributed by atoms with E-state index in [1.54, 1.807) is 35.0 Å². The highest BCUT2D eigenvalue weighted by Gasteiger charge is 2.13. The SMILES string of the molecule is N#Cc1cccc(C(=O)NCCNc2cc(-c3ccccc3Cl)nc3c(Br)cnn23)c1. The maximum atomic E-state index is 12.3. The first-order chi connectivity index (χ1) is 15.1. The molecule has 9 heteroatoms. The van der Waals surface area contributed by atoms with Gasteiger partial charge in [-0.1, -0.05) is 35.9 Å². The fraction of sp³-hybridized carbons (Fsp3) is 0.0909. The van der Waals surface area contributed by atoms with Crippen molar-refractivity contribution in [3.8, 4) is 17.3 Å². The van der Waals surface area contributed by atoms with Crippen LogP contribution in [0.2, 0.25) is 5.02 Å². The van der Waals surface area contributed by atoms with Gasteiger partial charge in [0.1, 0.15) is 5.82 Å². The van der Waals surface area contributed by atoms with Crippen molar-refractivity contribution in [2.75, 3.05) is 18.4 Å². The molecule has 0 aliphatic rings. The smallest absolute Gasteiger partial charge is 0.251 e. The second kappa shape index (κ2) is 9.16. The van der Waals surface area contributed by atoms with Crippen LogP contribution in [0.15, 0.2) is 65.3 Å². The Labute approximate surface area is 191 Å². The van der Waals surface area contributed by atoms with Gasteiger partial charge in [-0.2, -0.15) is 14.9 Å². The normalized spacial score (nSPS) is 10.6. The van der Waals surface area contributed by atoms with Gasteiger partial charge in [0.05, 0.1) is 28.0 Å². The molecule has 0 atom stereocenters. The minimum absolute atomic E-state index is 0.239. The van der Waals surface area contributed by atoms with Crippen molar-refractivity contribution in [2.45, 2.75) is 0 Å². The molecule has 0 saturated heterocycles. The molecule has 4 aromatic rings. The average molecular weight is 496 g/mol.